The normalized spacial score (nSPS) is 31.4. The molecule has 0 aromatic heterocycles. The molecule has 4 aliphatic rings. The van der Waals surface area contributed by atoms with Crippen LogP contribution in [0.4, 0.5) is 4.39 Å². The maximum Gasteiger partial charge on any atom is 0.274 e. The van der Waals surface area contributed by atoms with E-state index in [0.717, 1.165) is 30.1 Å². The zero-order valence-corrected chi connectivity index (χ0v) is 15.7. The van der Waals surface area contributed by atoms with Crippen molar-refractivity contribution in [3.63, 3.8) is 0 Å². The fourth-order valence-corrected chi connectivity index (χ4v) is 5.73. The molecule has 6 heteroatoms. The van der Waals surface area contributed by atoms with Crippen LogP contribution in [0.25, 0.3) is 0 Å². The Labute approximate surface area is 159 Å². The van der Waals surface area contributed by atoms with Gasteiger partial charge in [-0.1, -0.05) is 6.42 Å². The average Bonchev–Trinajstić information content (AvgIpc) is 3.50. The number of halogens is 1. The van der Waals surface area contributed by atoms with Crippen LogP contribution in [0.1, 0.15) is 66.4 Å². The van der Waals surface area contributed by atoms with Crippen molar-refractivity contribution in [3.05, 3.63) is 34.6 Å². The molecular formula is C21H28FN3O2. The van der Waals surface area contributed by atoms with Gasteiger partial charge >= 0.3 is 0 Å². The van der Waals surface area contributed by atoms with Crippen LogP contribution in [0.15, 0.2) is 12.1 Å². The Hall–Kier alpha value is -1.50. The van der Waals surface area contributed by atoms with Gasteiger partial charge in [-0.2, -0.15) is 0 Å². The highest BCUT2D eigenvalue weighted by molar-refractivity contribution is 5.93. The largest absolute Gasteiger partial charge is 0.296 e. The highest BCUT2D eigenvalue weighted by Crippen LogP contribution is 2.51. The van der Waals surface area contributed by atoms with Gasteiger partial charge in [0.2, 0.25) is 0 Å². The summed E-state index contributed by atoms with van der Waals surface area (Å²) < 4.78 is 14.6. The molecule has 0 radical (unpaired) electrons. The predicted octanol–water partition coefficient (Wildman–Crippen LogP) is 2.85. The number of nitrogens with one attached hydrogen (secondary N) is 1. The van der Waals surface area contributed by atoms with Crippen molar-refractivity contribution in [1.82, 2.24) is 15.3 Å². The summed E-state index contributed by atoms with van der Waals surface area (Å²) in [5, 5.41) is 8.79. The molecule has 27 heavy (non-hydrogen) atoms. The van der Waals surface area contributed by atoms with Crippen LogP contribution < -0.4 is 5.48 Å². The number of hydrogen-bond donors (Lipinski definition) is 2. The van der Waals surface area contributed by atoms with Gasteiger partial charge in [0.25, 0.3) is 5.91 Å². The smallest absolute Gasteiger partial charge is 0.274 e. The van der Waals surface area contributed by atoms with E-state index < -0.39 is 5.91 Å². The van der Waals surface area contributed by atoms with Gasteiger partial charge in [-0.05, 0) is 69.2 Å². The molecule has 5 nitrogen and oxygen atoms in total. The van der Waals surface area contributed by atoms with E-state index in [1.807, 2.05) is 0 Å². The van der Waals surface area contributed by atoms with Crippen molar-refractivity contribution in [3.8, 4) is 0 Å². The molecule has 1 aromatic carbocycles. The van der Waals surface area contributed by atoms with E-state index in [2.05, 4.69) is 9.80 Å². The second-order valence-electron chi connectivity index (χ2n) is 8.93. The molecule has 2 saturated carbocycles. The number of hydrogen-bond acceptors (Lipinski definition) is 4. The SMILES string of the molecule is O=C(NO)c1cc(F)c2c(c1)CCN(C1CC3(CCCCN3C3CC3)C1)C2. The van der Waals surface area contributed by atoms with Gasteiger partial charge < -0.3 is 0 Å². The summed E-state index contributed by atoms with van der Waals surface area (Å²) in [6, 6.07) is 4.35. The Balaban J connectivity index is 1.29. The number of fused-ring (bicyclic) bond motifs is 1. The molecule has 1 spiro atoms. The Morgan fingerprint density at radius 3 is 2.74 bits per heavy atom. The first-order valence-electron chi connectivity index (χ1n) is 10.4. The van der Waals surface area contributed by atoms with Crippen molar-refractivity contribution in [1.29, 1.82) is 0 Å². The number of hydroxylamine groups is 1. The lowest BCUT2D eigenvalue weighted by atomic mass is 9.66. The fourth-order valence-electron chi connectivity index (χ4n) is 5.73. The number of benzene rings is 1. The van der Waals surface area contributed by atoms with Crippen molar-refractivity contribution in [2.75, 3.05) is 13.1 Å². The molecule has 5 rings (SSSR count). The predicted molar refractivity (Wildman–Crippen MR) is 99.1 cm³/mol. The van der Waals surface area contributed by atoms with Crippen LogP contribution in [0.3, 0.4) is 0 Å². The minimum absolute atomic E-state index is 0.187. The number of carbonyl (C=O) groups is 1. The Morgan fingerprint density at radius 1 is 1.19 bits per heavy atom. The minimum Gasteiger partial charge on any atom is -0.296 e. The van der Waals surface area contributed by atoms with E-state index in [1.54, 1.807) is 11.5 Å². The zero-order chi connectivity index (χ0) is 18.6. The molecule has 146 valence electrons. The van der Waals surface area contributed by atoms with Crippen molar-refractivity contribution >= 4 is 5.91 Å². The minimum atomic E-state index is -0.655. The van der Waals surface area contributed by atoms with Crippen LogP contribution in [0.5, 0.6) is 0 Å². The molecule has 0 unspecified atom stereocenters. The third kappa shape index (κ3) is 2.98. The van der Waals surface area contributed by atoms with Gasteiger partial charge in [-0.15, -0.1) is 0 Å². The Bertz CT molecular complexity index is 758. The number of amides is 1. The number of likely N-dealkylation sites (tertiary alicyclic amines) is 1. The van der Waals surface area contributed by atoms with E-state index in [1.165, 1.54) is 57.6 Å². The lowest BCUT2D eigenvalue weighted by molar-refractivity contribution is -0.0808. The highest BCUT2D eigenvalue weighted by atomic mass is 19.1. The van der Waals surface area contributed by atoms with E-state index in [-0.39, 0.29) is 11.4 Å². The third-order valence-electron chi connectivity index (χ3n) is 7.32. The van der Waals surface area contributed by atoms with Gasteiger partial charge in [0, 0.05) is 41.8 Å². The lowest BCUT2D eigenvalue weighted by Crippen LogP contribution is -2.65. The second-order valence-corrected chi connectivity index (χ2v) is 8.93. The van der Waals surface area contributed by atoms with Crippen LogP contribution in [-0.4, -0.2) is 51.6 Å². The lowest BCUT2D eigenvalue weighted by Gasteiger charge is -2.60. The molecule has 1 saturated heterocycles. The number of nitrogens with zero attached hydrogens (tertiary/aromatic N) is 2. The maximum atomic E-state index is 14.6. The van der Waals surface area contributed by atoms with Gasteiger partial charge in [-0.3, -0.25) is 19.8 Å². The van der Waals surface area contributed by atoms with Crippen LogP contribution in [0.2, 0.25) is 0 Å². The van der Waals surface area contributed by atoms with Crippen molar-refractivity contribution in [2.45, 2.75) is 75.5 Å². The first-order valence-corrected chi connectivity index (χ1v) is 10.4. The van der Waals surface area contributed by atoms with Gasteiger partial charge in [0.15, 0.2) is 0 Å². The van der Waals surface area contributed by atoms with E-state index in [9.17, 15) is 9.18 Å². The molecule has 2 heterocycles. The highest BCUT2D eigenvalue weighted by Gasteiger charge is 2.54. The monoisotopic (exact) mass is 373 g/mol. The third-order valence-corrected chi connectivity index (χ3v) is 7.32. The number of piperidine rings is 1. The summed E-state index contributed by atoms with van der Waals surface area (Å²) in [5.41, 5.74) is 3.82. The quantitative estimate of drug-likeness (QED) is 0.632. The first-order chi connectivity index (χ1) is 13.1. The van der Waals surface area contributed by atoms with Gasteiger partial charge in [0.05, 0.1) is 0 Å². The second kappa shape index (κ2) is 6.54. The van der Waals surface area contributed by atoms with Gasteiger partial charge in [0.1, 0.15) is 5.82 Å². The number of carbonyl (C=O) groups excluding carboxylic acids is 1. The van der Waals surface area contributed by atoms with Gasteiger partial charge in [-0.25, -0.2) is 9.87 Å². The fraction of sp³-hybridized carbons (Fsp3) is 0.667. The Kier molecular flexibility index (Phi) is 4.26. The Morgan fingerprint density at radius 2 is 2.00 bits per heavy atom. The summed E-state index contributed by atoms with van der Waals surface area (Å²) >= 11 is 0. The first kappa shape index (κ1) is 17.6. The summed E-state index contributed by atoms with van der Waals surface area (Å²) in [6.07, 6.45) is 9.99. The van der Waals surface area contributed by atoms with Crippen molar-refractivity contribution < 1.29 is 14.4 Å². The molecular weight excluding hydrogens is 345 g/mol. The average molecular weight is 373 g/mol. The topological polar surface area (TPSA) is 55.8 Å². The molecule has 0 atom stereocenters. The molecule has 1 amide bonds. The summed E-state index contributed by atoms with van der Waals surface area (Å²) in [7, 11) is 0. The molecule has 2 N–H and O–H groups in total. The van der Waals surface area contributed by atoms with E-state index in [4.69, 9.17) is 5.21 Å². The molecule has 2 aliphatic heterocycles. The molecule has 1 aromatic rings. The standard InChI is InChI=1S/C21H28FN3O2/c22-19-10-15(20(26)23-27)9-14-5-8-24(13-18(14)19)17-11-21(12-17)6-1-2-7-25(21)16-3-4-16/h9-10,16-17,27H,1-8,11-13H2,(H,23,26). The zero-order valence-electron chi connectivity index (χ0n) is 15.7. The summed E-state index contributed by atoms with van der Waals surface area (Å²) in [4.78, 5) is 16.9. The number of rotatable bonds is 3. The van der Waals surface area contributed by atoms with E-state index >= 15 is 0 Å². The van der Waals surface area contributed by atoms with Crippen LogP contribution in [-0.2, 0) is 13.0 Å². The molecule has 2 aliphatic carbocycles. The van der Waals surface area contributed by atoms with E-state index in [0.29, 0.717) is 18.1 Å². The summed E-state index contributed by atoms with van der Waals surface area (Å²) in [5.74, 6) is -0.986. The maximum absolute atomic E-state index is 14.6. The van der Waals surface area contributed by atoms with Crippen LogP contribution in [0, 0.1) is 5.82 Å². The van der Waals surface area contributed by atoms with Crippen LogP contribution >= 0.6 is 0 Å². The summed E-state index contributed by atoms with van der Waals surface area (Å²) in [6.45, 7) is 2.82. The molecule has 0 bridgehead atoms. The van der Waals surface area contributed by atoms with Crippen molar-refractivity contribution in [2.24, 2.45) is 0 Å². The molecule has 3 fully saturated rings.